The maximum atomic E-state index is 11.1. The van der Waals surface area contributed by atoms with Crippen LogP contribution < -0.4 is 0 Å². The highest BCUT2D eigenvalue weighted by Crippen LogP contribution is 2.25. The second-order valence-electron chi connectivity index (χ2n) is 5.14. The van der Waals surface area contributed by atoms with Gasteiger partial charge in [0.15, 0.2) is 0 Å². The molecule has 0 aliphatic carbocycles. The van der Waals surface area contributed by atoms with E-state index in [0.29, 0.717) is 24.8 Å². The molecule has 0 radical (unpaired) electrons. The minimum absolute atomic E-state index is 0.145. The lowest BCUT2D eigenvalue weighted by Gasteiger charge is -2.11. The smallest absolute Gasteiger partial charge is 0.308 e. The van der Waals surface area contributed by atoms with Gasteiger partial charge in [0.2, 0.25) is 11.7 Å². The number of carboxylic acids is 1. The molecule has 0 spiro atoms. The van der Waals surface area contributed by atoms with E-state index in [4.69, 9.17) is 9.63 Å². The second-order valence-corrected chi connectivity index (χ2v) is 5.92. The third-order valence-electron chi connectivity index (χ3n) is 3.61. The minimum atomic E-state index is -0.732. The van der Waals surface area contributed by atoms with Crippen molar-refractivity contribution in [2.45, 2.75) is 13.5 Å². The van der Waals surface area contributed by atoms with Crippen LogP contribution in [0.4, 0.5) is 0 Å². The number of likely N-dealkylation sites (tertiary alicyclic amines) is 1. The first-order chi connectivity index (χ1) is 9.63. The van der Waals surface area contributed by atoms with Crippen molar-refractivity contribution >= 4 is 17.3 Å². The van der Waals surface area contributed by atoms with Crippen LogP contribution in [0.15, 0.2) is 21.3 Å². The monoisotopic (exact) mass is 293 g/mol. The highest BCUT2D eigenvalue weighted by Gasteiger charge is 2.35. The Morgan fingerprint density at radius 3 is 3.10 bits per heavy atom. The van der Waals surface area contributed by atoms with Gasteiger partial charge in [-0.05, 0) is 17.4 Å². The molecule has 3 heterocycles. The topological polar surface area (TPSA) is 79.5 Å². The number of carbonyl (C=O) groups is 1. The maximum absolute atomic E-state index is 11.1. The van der Waals surface area contributed by atoms with Gasteiger partial charge in [0.05, 0.1) is 12.5 Å². The van der Waals surface area contributed by atoms with Crippen molar-refractivity contribution in [1.82, 2.24) is 15.0 Å². The van der Waals surface area contributed by atoms with Crippen molar-refractivity contribution in [3.63, 3.8) is 0 Å². The number of carboxylic acid groups (broad SMARTS) is 1. The number of aliphatic carboxylic acids is 1. The van der Waals surface area contributed by atoms with E-state index < -0.39 is 5.97 Å². The van der Waals surface area contributed by atoms with Crippen LogP contribution in [0, 0.1) is 11.8 Å². The number of thiophene rings is 1. The first kappa shape index (κ1) is 13.3. The van der Waals surface area contributed by atoms with E-state index in [1.807, 2.05) is 28.7 Å². The van der Waals surface area contributed by atoms with E-state index in [9.17, 15) is 4.79 Å². The molecule has 2 unspecified atom stereocenters. The highest BCUT2D eigenvalue weighted by molar-refractivity contribution is 7.08. The molecule has 2 atom stereocenters. The first-order valence-electron chi connectivity index (χ1n) is 6.44. The Morgan fingerprint density at radius 2 is 2.45 bits per heavy atom. The summed E-state index contributed by atoms with van der Waals surface area (Å²) < 4.78 is 5.24. The molecule has 1 saturated heterocycles. The molecule has 0 saturated carbocycles. The first-order valence-corrected chi connectivity index (χ1v) is 7.38. The molecule has 6 nitrogen and oxygen atoms in total. The van der Waals surface area contributed by atoms with Gasteiger partial charge < -0.3 is 9.63 Å². The lowest BCUT2D eigenvalue weighted by molar-refractivity contribution is -0.142. The van der Waals surface area contributed by atoms with Gasteiger partial charge in [0.25, 0.3) is 0 Å². The van der Waals surface area contributed by atoms with Gasteiger partial charge in [-0.1, -0.05) is 12.1 Å². The fraction of sp³-hybridized carbons (Fsp3) is 0.462. The summed E-state index contributed by atoms with van der Waals surface area (Å²) in [6.45, 7) is 3.74. The average molecular weight is 293 g/mol. The summed E-state index contributed by atoms with van der Waals surface area (Å²) in [6.07, 6.45) is 0. The fourth-order valence-electron chi connectivity index (χ4n) is 2.54. The summed E-state index contributed by atoms with van der Waals surface area (Å²) in [7, 11) is 0. The molecule has 0 aromatic carbocycles. The van der Waals surface area contributed by atoms with Gasteiger partial charge in [-0.2, -0.15) is 16.3 Å². The van der Waals surface area contributed by atoms with Crippen molar-refractivity contribution in [2.75, 3.05) is 13.1 Å². The number of aromatic nitrogens is 2. The maximum Gasteiger partial charge on any atom is 0.308 e. The predicted octanol–water partition coefficient (Wildman–Crippen LogP) is 1.95. The van der Waals surface area contributed by atoms with E-state index in [-0.39, 0.29) is 11.8 Å². The van der Waals surface area contributed by atoms with Crippen molar-refractivity contribution in [2.24, 2.45) is 11.8 Å². The van der Waals surface area contributed by atoms with E-state index in [0.717, 1.165) is 12.1 Å². The Morgan fingerprint density at radius 1 is 1.60 bits per heavy atom. The third-order valence-corrected chi connectivity index (χ3v) is 4.29. The normalized spacial score (nSPS) is 23.2. The fourth-order valence-corrected chi connectivity index (χ4v) is 3.17. The Kier molecular flexibility index (Phi) is 3.54. The van der Waals surface area contributed by atoms with Crippen LogP contribution in [0.2, 0.25) is 0 Å². The van der Waals surface area contributed by atoms with Crippen molar-refractivity contribution in [3.8, 4) is 11.4 Å². The van der Waals surface area contributed by atoms with Gasteiger partial charge in [-0.15, -0.1) is 0 Å². The molecule has 1 aliphatic rings. The summed E-state index contributed by atoms with van der Waals surface area (Å²) in [4.78, 5) is 17.5. The summed E-state index contributed by atoms with van der Waals surface area (Å²) in [5.41, 5.74) is 0.947. The summed E-state index contributed by atoms with van der Waals surface area (Å²) in [5.74, 6) is 0.221. The molecule has 3 rings (SSSR count). The lowest BCUT2D eigenvalue weighted by atomic mass is 9.99. The molecule has 2 aromatic rings. The quantitative estimate of drug-likeness (QED) is 0.928. The molecule has 2 aromatic heterocycles. The largest absolute Gasteiger partial charge is 0.481 e. The Balaban J connectivity index is 1.66. The van der Waals surface area contributed by atoms with Crippen LogP contribution in [0.25, 0.3) is 11.4 Å². The zero-order valence-electron chi connectivity index (χ0n) is 11.0. The van der Waals surface area contributed by atoms with E-state index in [2.05, 4.69) is 10.1 Å². The molecular weight excluding hydrogens is 278 g/mol. The molecule has 0 bridgehead atoms. The zero-order valence-corrected chi connectivity index (χ0v) is 11.8. The van der Waals surface area contributed by atoms with Crippen LogP contribution in [0.1, 0.15) is 12.8 Å². The predicted molar refractivity (Wildman–Crippen MR) is 73.2 cm³/mol. The molecule has 106 valence electrons. The molecule has 0 amide bonds. The van der Waals surface area contributed by atoms with Crippen molar-refractivity contribution in [1.29, 1.82) is 0 Å². The second kappa shape index (κ2) is 5.34. The summed E-state index contributed by atoms with van der Waals surface area (Å²) in [6, 6.07) is 1.94. The summed E-state index contributed by atoms with van der Waals surface area (Å²) in [5, 5.41) is 17.0. The Hall–Kier alpha value is -1.73. The molecule has 20 heavy (non-hydrogen) atoms. The number of rotatable bonds is 4. The van der Waals surface area contributed by atoms with Crippen LogP contribution in [-0.4, -0.2) is 39.2 Å². The number of nitrogens with zero attached hydrogens (tertiary/aromatic N) is 3. The van der Waals surface area contributed by atoms with Gasteiger partial charge in [-0.25, -0.2) is 0 Å². The van der Waals surface area contributed by atoms with Crippen LogP contribution in [0.5, 0.6) is 0 Å². The third kappa shape index (κ3) is 2.59. The van der Waals surface area contributed by atoms with Gasteiger partial charge in [-0.3, -0.25) is 9.69 Å². The number of hydrogen-bond acceptors (Lipinski definition) is 6. The van der Waals surface area contributed by atoms with E-state index >= 15 is 0 Å². The van der Waals surface area contributed by atoms with Crippen molar-refractivity contribution < 1.29 is 14.4 Å². The Bertz CT molecular complexity index is 596. The molecule has 1 fully saturated rings. The molecule has 1 aliphatic heterocycles. The molecule has 7 heteroatoms. The minimum Gasteiger partial charge on any atom is -0.481 e. The zero-order chi connectivity index (χ0) is 14.1. The van der Waals surface area contributed by atoms with E-state index in [1.54, 1.807) is 11.3 Å². The van der Waals surface area contributed by atoms with Crippen molar-refractivity contribution in [3.05, 3.63) is 22.7 Å². The van der Waals surface area contributed by atoms with Crippen LogP contribution in [0.3, 0.4) is 0 Å². The van der Waals surface area contributed by atoms with E-state index in [1.165, 1.54) is 0 Å². The molecule has 1 N–H and O–H groups in total. The van der Waals surface area contributed by atoms with Crippen LogP contribution >= 0.6 is 11.3 Å². The Labute approximate surface area is 120 Å². The van der Waals surface area contributed by atoms with Gasteiger partial charge in [0, 0.05) is 24.0 Å². The lowest BCUT2D eigenvalue weighted by Crippen LogP contribution is -2.23. The standard InChI is InChI=1S/C13H15N3O3S/c1-8-4-16(5-10(8)13(17)18)6-11-14-12(15-19-11)9-2-3-20-7-9/h2-3,7-8,10H,4-6H2,1H3,(H,17,18). The summed E-state index contributed by atoms with van der Waals surface area (Å²) >= 11 is 1.58. The van der Waals surface area contributed by atoms with Gasteiger partial charge >= 0.3 is 5.97 Å². The highest BCUT2D eigenvalue weighted by atomic mass is 32.1. The average Bonchev–Trinajstić information content (AvgIpc) is 3.09. The van der Waals surface area contributed by atoms with Gasteiger partial charge in [0.1, 0.15) is 0 Å². The van der Waals surface area contributed by atoms with Crippen LogP contribution in [-0.2, 0) is 11.3 Å². The molecular formula is C13H15N3O3S. The number of hydrogen-bond donors (Lipinski definition) is 1. The SMILES string of the molecule is CC1CN(Cc2nc(-c3ccsc3)no2)CC1C(=O)O.